The van der Waals surface area contributed by atoms with E-state index in [2.05, 4.69) is 4.72 Å². The van der Waals surface area contributed by atoms with Crippen molar-refractivity contribution in [3.05, 3.63) is 59.9 Å². The third-order valence-corrected chi connectivity index (χ3v) is 7.70. The van der Waals surface area contributed by atoms with E-state index in [4.69, 9.17) is 0 Å². The zero-order valence-electron chi connectivity index (χ0n) is 18.1. The van der Waals surface area contributed by atoms with Gasteiger partial charge in [-0.25, -0.2) is 22.3 Å². The van der Waals surface area contributed by atoms with Crippen molar-refractivity contribution in [2.75, 3.05) is 25.9 Å². The maximum Gasteiger partial charge on any atom is 0.320 e. The van der Waals surface area contributed by atoms with Crippen LogP contribution in [0.1, 0.15) is 24.8 Å². The predicted molar refractivity (Wildman–Crippen MR) is 121 cm³/mol. The molecule has 1 unspecified atom stereocenters. The molecule has 3 fully saturated rings. The van der Waals surface area contributed by atoms with E-state index in [0.717, 1.165) is 36.0 Å². The van der Waals surface area contributed by atoms with E-state index in [-0.39, 0.29) is 23.9 Å². The van der Waals surface area contributed by atoms with Gasteiger partial charge in [0.25, 0.3) is 0 Å². The first-order valence-corrected chi connectivity index (χ1v) is 13.0. The molecule has 2 saturated heterocycles. The van der Waals surface area contributed by atoms with Crippen LogP contribution < -0.4 is 4.72 Å². The molecule has 32 heavy (non-hydrogen) atoms. The molecule has 2 aromatic rings. The maximum atomic E-state index is 13.7. The summed E-state index contributed by atoms with van der Waals surface area (Å²) >= 11 is 0. The van der Waals surface area contributed by atoms with Crippen molar-refractivity contribution in [2.24, 2.45) is 5.41 Å². The number of carbonyl (C=O) groups excluding carboxylic acids is 1. The molecule has 170 valence electrons. The number of benzene rings is 2. The Hall–Kier alpha value is -2.45. The van der Waals surface area contributed by atoms with Gasteiger partial charge >= 0.3 is 6.03 Å². The van der Waals surface area contributed by atoms with Crippen LogP contribution in [0.4, 0.5) is 9.18 Å². The Bertz CT molecular complexity index is 1140. The highest BCUT2D eigenvalue weighted by atomic mass is 32.2. The van der Waals surface area contributed by atoms with E-state index in [1.807, 2.05) is 40.1 Å². The number of halogens is 1. The topological polar surface area (TPSA) is 69.7 Å². The molecule has 2 atom stereocenters. The van der Waals surface area contributed by atoms with E-state index in [0.29, 0.717) is 24.8 Å². The minimum atomic E-state index is -3.40. The number of urea groups is 1. The van der Waals surface area contributed by atoms with Crippen molar-refractivity contribution in [1.82, 2.24) is 14.5 Å². The highest BCUT2D eigenvalue weighted by Gasteiger charge is 2.55. The third-order valence-electron chi connectivity index (χ3n) is 6.97. The van der Waals surface area contributed by atoms with Crippen LogP contribution in [0.3, 0.4) is 0 Å². The van der Waals surface area contributed by atoms with Crippen LogP contribution in [0.2, 0.25) is 0 Å². The summed E-state index contributed by atoms with van der Waals surface area (Å²) in [6.07, 6.45) is 4.68. The van der Waals surface area contributed by atoms with E-state index in [1.54, 1.807) is 6.07 Å². The molecular weight excluding hydrogens is 429 g/mol. The van der Waals surface area contributed by atoms with E-state index < -0.39 is 10.0 Å². The van der Waals surface area contributed by atoms with Gasteiger partial charge in [-0.2, -0.15) is 0 Å². The molecule has 1 N–H and O–H groups in total. The summed E-state index contributed by atoms with van der Waals surface area (Å²) < 4.78 is 40.4. The lowest BCUT2D eigenvalue weighted by molar-refractivity contribution is 0.0750. The second-order valence-electron chi connectivity index (χ2n) is 9.60. The Morgan fingerprint density at radius 1 is 1.12 bits per heavy atom. The first-order valence-electron chi connectivity index (χ1n) is 11.1. The minimum Gasteiger partial charge on any atom is -0.323 e. The summed E-state index contributed by atoms with van der Waals surface area (Å²) in [4.78, 5) is 16.9. The average Bonchev–Trinajstić information content (AvgIpc) is 3.44. The summed E-state index contributed by atoms with van der Waals surface area (Å²) in [5.41, 5.74) is 3.03. The van der Waals surface area contributed by atoms with Crippen LogP contribution >= 0.6 is 0 Å². The van der Waals surface area contributed by atoms with E-state index >= 15 is 0 Å². The van der Waals surface area contributed by atoms with Crippen LogP contribution in [0, 0.1) is 11.2 Å². The highest BCUT2D eigenvalue weighted by molar-refractivity contribution is 7.88. The molecule has 1 saturated carbocycles. The second-order valence-corrected chi connectivity index (χ2v) is 11.4. The van der Waals surface area contributed by atoms with Crippen molar-refractivity contribution in [3.63, 3.8) is 0 Å². The van der Waals surface area contributed by atoms with Crippen molar-refractivity contribution >= 4 is 16.1 Å². The minimum absolute atomic E-state index is 0.00612. The summed E-state index contributed by atoms with van der Waals surface area (Å²) in [6, 6.07) is 13.7. The number of hydrogen-bond donors (Lipinski definition) is 1. The molecule has 6 nitrogen and oxygen atoms in total. The van der Waals surface area contributed by atoms with E-state index in [9.17, 15) is 17.6 Å². The Morgan fingerprint density at radius 2 is 1.81 bits per heavy atom. The Labute approximate surface area is 188 Å². The molecule has 0 radical (unpaired) electrons. The molecule has 0 bridgehead atoms. The standard InChI is InChI=1S/C24H28FN3O3S/c1-32(30,31)26-21-8-11-28(23(29)27-15-24(16-27)9-10-24)22(21)13-17-4-2-5-18(12-17)19-6-3-7-20(25)14-19/h2-7,12,14,21-22,26H,8-11,13,15-16H2,1H3/t21-,22?/m0/s1. The Balaban J connectivity index is 1.38. The average molecular weight is 458 g/mol. The van der Waals surface area contributed by atoms with Gasteiger partial charge in [0.2, 0.25) is 10.0 Å². The largest absolute Gasteiger partial charge is 0.323 e. The molecule has 0 aromatic heterocycles. The molecule has 3 aliphatic rings. The number of sulfonamides is 1. The lowest BCUT2D eigenvalue weighted by Gasteiger charge is -2.43. The van der Waals surface area contributed by atoms with Gasteiger partial charge in [0.1, 0.15) is 5.82 Å². The van der Waals surface area contributed by atoms with Gasteiger partial charge in [0.05, 0.1) is 12.3 Å². The van der Waals surface area contributed by atoms with Gasteiger partial charge in [-0.1, -0.05) is 36.4 Å². The van der Waals surface area contributed by atoms with Gasteiger partial charge in [-0.3, -0.25) is 0 Å². The second kappa shape index (κ2) is 7.85. The fraction of sp³-hybridized carbons (Fsp3) is 0.458. The van der Waals surface area contributed by atoms with Crippen molar-refractivity contribution in [1.29, 1.82) is 0 Å². The fourth-order valence-electron chi connectivity index (χ4n) is 5.12. The Morgan fingerprint density at radius 3 is 2.47 bits per heavy atom. The lowest BCUT2D eigenvalue weighted by Crippen LogP contribution is -2.58. The number of amides is 2. The Kier molecular flexibility index (Phi) is 5.25. The summed E-state index contributed by atoms with van der Waals surface area (Å²) in [5, 5.41) is 0. The number of nitrogens with one attached hydrogen (secondary N) is 1. The first-order chi connectivity index (χ1) is 15.2. The molecular formula is C24H28FN3O3S. The first kappa shape index (κ1) is 21.4. The SMILES string of the molecule is CS(=O)(=O)N[C@H]1CCN(C(=O)N2CC3(CC3)C2)C1Cc1cccc(-c2cccc(F)c2)c1. The monoisotopic (exact) mass is 457 g/mol. The maximum absolute atomic E-state index is 13.7. The number of nitrogens with zero attached hydrogens (tertiary/aromatic N) is 2. The summed E-state index contributed by atoms with van der Waals surface area (Å²) in [7, 11) is -3.40. The zero-order chi connectivity index (χ0) is 22.5. The number of likely N-dealkylation sites (tertiary alicyclic amines) is 2. The van der Waals surface area contributed by atoms with Gasteiger partial charge < -0.3 is 9.80 Å². The third kappa shape index (κ3) is 4.38. The molecule has 2 heterocycles. The van der Waals surface area contributed by atoms with Gasteiger partial charge in [-0.05, 0) is 54.5 Å². The van der Waals surface area contributed by atoms with Crippen LogP contribution in [-0.4, -0.2) is 62.2 Å². The van der Waals surface area contributed by atoms with Crippen LogP contribution in [0.15, 0.2) is 48.5 Å². The van der Waals surface area contributed by atoms with E-state index in [1.165, 1.54) is 25.0 Å². The van der Waals surface area contributed by atoms with Crippen molar-refractivity contribution < 1.29 is 17.6 Å². The quantitative estimate of drug-likeness (QED) is 0.750. The fourth-order valence-corrected chi connectivity index (χ4v) is 5.94. The van der Waals surface area contributed by atoms with Crippen molar-refractivity contribution in [3.8, 4) is 11.1 Å². The summed E-state index contributed by atoms with van der Waals surface area (Å²) in [5.74, 6) is -0.291. The normalized spacial score (nSPS) is 23.9. The molecule has 2 aliphatic heterocycles. The number of carbonyl (C=O) groups is 1. The molecule has 1 spiro atoms. The lowest BCUT2D eigenvalue weighted by atomic mass is 9.96. The van der Waals surface area contributed by atoms with Crippen LogP contribution in [0.5, 0.6) is 0 Å². The molecule has 8 heteroatoms. The van der Waals surface area contributed by atoms with Crippen LogP contribution in [0.25, 0.3) is 11.1 Å². The molecule has 2 aromatic carbocycles. The molecule has 5 rings (SSSR count). The van der Waals surface area contributed by atoms with Gasteiger partial charge in [0.15, 0.2) is 0 Å². The predicted octanol–water partition coefficient (Wildman–Crippen LogP) is 3.24. The molecule has 1 aliphatic carbocycles. The highest BCUT2D eigenvalue weighted by Crippen LogP contribution is 2.53. The number of rotatable bonds is 5. The van der Waals surface area contributed by atoms with Gasteiger partial charge in [0, 0.05) is 31.1 Å². The zero-order valence-corrected chi connectivity index (χ0v) is 18.9. The van der Waals surface area contributed by atoms with Crippen LogP contribution in [-0.2, 0) is 16.4 Å². The van der Waals surface area contributed by atoms with Gasteiger partial charge in [-0.15, -0.1) is 0 Å². The smallest absolute Gasteiger partial charge is 0.320 e. The summed E-state index contributed by atoms with van der Waals surface area (Å²) in [6.45, 7) is 2.16. The van der Waals surface area contributed by atoms with Crippen molar-refractivity contribution in [2.45, 2.75) is 37.8 Å². The number of hydrogen-bond acceptors (Lipinski definition) is 3. The molecule has 2 amide bonds.